The topological polar surface area (TPSA) is 92.4 Å². The van der Waals surface area contributed by atoms with Crippen LogP contribution in [0.3, 0.4) is 0 Å². The molecule has 1 unspecified atom stereocenters. The second kappa shape index (κ2) is 5.66. The van der Waals surface area contributed by atoms with E-state index in [-0.39, 0.29) is 11.5 Å². The van der Waals surface area contributed by atoms with Crippen LogP contribution in [-0.4, -0.2) is 25.7 Å². The maximum Gasteiger partial charge on any atom is 0.241 e. The third-order valence-corrected chi connectivity index (χ3v) is 5.19. The lowest BCUT2D eigenvalue weighted by Gasteiger charge is -2.27. The molecule has 0 saturated carbocycles. The minimum Gasteiger partial charge on any atom is -0.398 e. The third-order valence-electron chi connectivity index (χ3n) is 3.18. The molecule has 0 aliphatic heterocycles. The molecule has 0 fully saturated rings. The van der Waals surface area contributed by atoms with E-state index < -0.39 is 15.6 Å². The van der Waals surface area contributed by atoms with E-state index in [1.54, 1.807) is 20.8 Å². The predicted octanol–water partition coefficient (Wildman–Crippen LogP) is 1.67. The Morgan fingerprint density at radius 3 is 2.47 bits per heavy atom. The van der Waals surface area contributed by atoms with Gasteiger partial charge < -0.3 is 10.8 Å². The van der Waals surface area contributed by atoms with Crippen LogP contribution in [0, 0.1) is 6.92 Å². The van der Waals surface area contributed by atoms with Crippen LogP contribution in [0.4, 0.5) is 5.69 Å². The minimum absolute atomic E-state index is 0.00581. The van der Waals surface area contributed by atoms with E-state index in [2.05, 4.69) is 4.72 Å². The molecule has 0 radical (unpaired) electrons. The summed E-state index contributed by atoms with van der Waals surface area (Å²) >= 11 is 5.94. The highest BCUT2D eigenvalue weighted by atomic mass is 35.5. The average molecular weight is 307 g/mol. The molecule has 1 rings (SSSR count). The van der Waals surface area contributed by atoms with Crippen LogP contribution in [0.5, 0.6) is 0 Å². The Kier molecular flexibility index (Phi) is 4.84. The Bertz CT molecular complexity index is 545. The number of nitrogens with one attached hydrogen (secondary N) is 1. The highest BCUT2D eigenvalue weighted by Gasteiger charge is 2.29. The third kappa shape index (κ3) is 3.60. The summed E-state index contributed by atoms with van der Waals surface area (Å²) in [4.78, 5) is -0.00581. The maximum atomic E-state index is 12.2. The molecular formula is C12H19ClN2O3S. The Hall–Kier alpha value is -0.820. The van der Waals surface area contributed by atoms with Crippen LogP contribution in [0.2, 0.25) is 5.02 Å². The standard InChI is InChI=1S/C12H19ClN2O3S/c1-4-12(3,7-16)15-19(17,18)9-5-10(13)8(2)11(14)6-9/h5-6,15-16H,4,7,14H2,1-3H3. The van der Waals surface area contributed by atoms with Gasteiger partial charge in [0.15, 0.2) is 0 Å². The first-order valence-electron chi connectivity index (χ1n) is 5.85. The fraction of sp³-hybridized carbons (Fsp3) is 0.500. The first-order valence-corrected chi connectivity index (χ1v) is 7.72. The van der Waals surface area contributed by atoms with Crippen molar-refractivity contribution >= 4 is 27.3 Å². The summed E-state index contributed by atoms with van der Waals surface area (Å²) < 4.78 is 27.0. The number of anilines is 1. The van der Waals surface area contributed by atoms with Crippen LogP contribution >= 0.6 is 11.6 Å². The quantitative estimate of drug-likeness (QED) is 0.721. The van der Waals surface area contributed by atoms with E-state index in [0.717, 1.165) is 0 Å². The predicted molar refractivity (Wildman–Crippen MR) is 76.7 cm³/mol. The van der Waals surface area contributed by atoms with Gasteiger partial charge in [-0.25, -0.2) is 13.1 Å². The molecule has 0 bridgehead atoms. The highest BCUT2D eigenvalue weighted by Crippen LogP contribution is 2.26. The number of aliphatic hydroxyl groups excluding tert-OH is 1. The fourth-order valence-corrected chi connectivity index (χ4v) is 3.25. The van der Waals surface area contributed by atoms with Gasteiger partial charge in [-0.15, -0.1) is 0 Å². The zero-order valence-electron chi connectivity index (χ0n) is 11.2. The summed E-state index contributed by atoms with van der Waals surface area (Å²) in [5, 5.41) is 9.57. The van der Waals surface area contributed by atoms with Gasteiger partial charge in [0.2, 0.25) is 10.0 Å². The second-order valence-electron chi connectivity index (χ2n) is 4.80. The molecule has 19 heavy (non-hydrogen) atoms. The van der Waals surface area contributed by atoms with Crippen molar-refractivity contribution < 1.29 is 13.5 Å². The lowest BCUT2D eigenvalue weighted by Crippen LogP contribution is -2.48. The summed E-state index contributed by atoms with van der Waals surface area (Å²) in [5.41, 5.74) is 5.76. The smallest absolute Gasteiger partial charge is 0.241 e. The highest BCUT2D eigenvalue weighted by molar-refractivity contribution is 7.89. The molecule has 0 aliphatic carbocycles. The number of hydrogen-bond donors (Lipinski definition) is 3. The van der Waals surface area contributed by atoms with Gasteiger partial charge in [-0.05, 0) is 38.0 Å². The van der Waals surface area contributed by atoms with Crippen LogP contribution in [0.1, 0.15) is 25.8 Å². The number of hydrogen-bond acceptors (Lipinski definition) is 4. The van der Waals surface area contributed by atoms with Crippen molar-refractivity contribution in [3.05, 3.63) is 22.7 Å². The number of nitrogens with two attached hydrogens (primary N) is 1. The molecule has 0 amide bonds. The van der Waals surface area contributed by atoms with Crippen LogP contribution in [-0.2, 0) is 10.0 Å². The van der Waals surface area contributed by atoms with Crippen LogP contribution in [0.15, 0.2) is 17.0 Å². The van der Waals surface area contributed by atoms with Crippen molar-refractivity contribution in [3.8, 4) is 0 Å². The first-order chi connectivity index (χ1) is 8.65. The number of rotatable bonds is 5. The van der Waals surface area contributed by atoms with Gasteiger partial charge in [0.25, 0.3) is 0 Å². The summed E-state index contributed by atoms with van der Waals surface area (Å²) in [6, 6.07) is 2.71. The molecular weight excluding hydrogens is 288 g/mol. The molecule has 0 aromatic heterocycles. The van der Waals surface area contributed by atoms with Crippen molar-refractivity contribution in [2.24, 2.45) is 0 Å². The van der Waals surface area contributed by atoms with Gasteiger partial charge >= 0.3 is 0 Å². The summed E-state index contributed by atoms with van der Waals surface area (Å²) in [6.07, 6.45) is 0.456. The Balaban J connectivity index is 3.22. The van der Waals surface area contributed by atoms with E-state index in [9.17, 15) is 13.5 Å². The van der Waals surface area contributed by atoms with Gasteiger partial charge in [-0.3, -0.25) is 0 Å². The Morgan fingerprint density at radius 1 is 1.47 bits per heavy atom. The summed E-state index contributed by atoms with van der Waals surface area (Å²) in [5.74, 6) is 0. The number of nitrogen functional groups attached to an aromatic ring is 1. The zero-order valence-corrected chi connectivity index (χ0v) is 12.8. The maximum absolute atomic E-state index is 12.2. The molecule has 0 heterocycles. The number of benzene rings is 1. The molecule has 1 atom stereocenters. The van der Waals surface area contributed by atoms with Gasteiger partial charge in [0, 0.05) is 10.7 Å². The molecule has 1 aromatic rings. The Morgan fingerprint density at radius 2 is 2.05 bits per heavy atom. The van der Waals surface area contributed by atoms with E-state index >= 15 is 0 Å². The van der Waals surface area contributed by atoms with Crippen LogP contribution < -0.4 is 10.5 Å². The van der Waals surface area contributed by atoms with E-state index in [0.29, 0.717) is 22.7 Å². The van der Waals surface area contributed by atoms with Crippen molar-refractivity contribution in [3.63, 3.8) is 0 Å². The molecule has 5 nitrogen and oxygen atoms in total. The van der Waals surface area contributed by atoms with E-state index in [1.165, 1.54) is 12.1 Å². The number of sulfonamides is 1. The summed E-state index contributed by atoms with van der Waals surface area (Å²) in [6.45, 7) is 4.84. The number of aliphatic hydroxyl groups is 1. The van der Waals surface area contributed by atoms with Gasteiger partial charge in [-0.1, -0.05) is 18.5 Å². The normalized spacial score (nSPS) is 15.2. The number of halogens is 1. The second-order valence-corrected chi connectivity index (χ2v) is 6.89. The van der Waals surface area contributed by atoms with Crippen molar-refractivity contribution in [1.82, 2.24) is 4.72 Å². The molecule has 108 valence electrons. The molecule has 0 aliphatic rings. The SMILES string of the molecule is CCC(C)(CO)NS(=O)(=O)c1cc(N)c(C)c(Cl)c1. The lowest BCUT2D eigenvalue weighted by molar-refractivity contribution is 0.191. The lowest BCUT2D eigenvalue weighted by atomic mass is 10.0. The zero-order chi connectivity index (χ0) is 14.8. The molecule has 4 N–H and O–H groups in total. The van der Waals surface area contributed by atoms with Crippen molar-refractivity contribution in [2.45, 2.75) is 37.6 Å². The Labute approximate surface area is 118 Å². The van der Waals surface area contributed by atoms with E-state index in [4.69, 9.17) is 17.3 Å². The summed E-state index contributed by atoms with van der Waals surface area (Å²) in [7, 11) is -3.78. The average Bonchev–Trinajstić information content (AvgIpc) is 2.34. The molecule has 0 spiro atoms. The minimum atomic E-state index is -3.78. The largest absolute Gasteiger partial charge is 0.398 e. The monoisotopic (exact) mass is 306 g/mol. The van der Waals surface area contributed by atoms with Gasteiger partial charge in [0.1, 0.15) is 0 Å². The van der Waals surface area contributed by atoms with Gasteiger partial charge in [-0.2, -0.15) is 0 Å². The molecule has 1 aromatic carbocycles. The first kappa shape index (κ1) is 16.2. The van der Waals surface area contributed by atoms with Crippen LogP contribution in [0.25, 0.3) is 0 Å². The molecule has 7 heteroatoms. The fourth-order valence-electron chi connectivity index (χ4n) is 1.43. The van der Waals surface area contributed by atoms with Crippen molar-refractivity contribution in [2.75, 3.05) is 12.3 Å². The molecule has 0 saturated heterocycles. The van der Waals surface area contributed by atoms with Crippen molar-refractivity contribution in [1.29, 1.82) is 0 Å². The van der Waals surface area contributed by atoms with E-state index in [1.807, 2.05) is 0 Å². The van der Waals surface area contributed by atoms with Gasteiger partial charge in [0.05, 0.1) is 17.0 Å².